The van der Waals surface area contributed by atoms with Gasteiger partial charge in [0.1, 0.15) is 0 Å². The van der Waals surface area contributed by atoms with Crippen LogP contribution in [0.3, 0.4) is 0 Å². The molecule has 0 heterocycles. The Kier molecular flexibility index (Phi) is 5.87. The lowest BCUT2D eigenvalue weighted by atomic mass is 9.96. The summed E-state index contributed by atoms with van der Waals surface area (Å²) < 4.78 is 0. The van der Waals surface area contributed by atoms with E-state index < -0.39 is 0 Å². The maximum absolute atomic E-state index is 5.57. The van der Waals surface area contributed by atoms with Gasteiger partial charge in [-0.05, 0) is 18.4 Å². The number of hydrazine groups is 1. The van der Waals surface area contributed by atoms with Crippen LogP contribution in [-0.2, 0) is 0 Å². The highest BCUT2D eigenvalue weighted by Crippen LogP contribution is 2.17. The average molecular weight is 274 g/mol. The Bertz CT molecular complexity index is 410. The summed E-state index contributed by atoms with van der Waals surface area (Å²) in [4.78, 5) is 4.58. The van der Waals surface area contributed by atoms with Gasteiger partial charge < -0.3 is 5.32 Å². The van der Waals surface area contributed by atoms with Gasteiger partial charge in [-0.25, -0.2) is 5.84 Å². The molecule has 0 spiro atoms. The molecule has 0 amide bonds. The lowest BCUT2D eigenvalue weighted by Crippen LogP contribution is -2.47. The fourth-order valence-corrected chi connectivity index (χ4v) is 2.69. The number of rotatable bonds is 4. The predicted molar refractivity (Wildman–Crippen MR) is 84.5 cm³/mol. The zero-order valence-electron chi connectivity index (χ0n) is 12.3. The van der Waals surface area contributed by atoms with Gasteiger partial charge in [0.05, 0.1) is 0 Å². The third-order valence-electron chi connectivity index (χ3n) is 3.97. The van der Waals surface area contributed by atoms with E-state index in [1.165, 1.54) is 37.7 Å². The molecule has 4 N–H and O–H groups in total. The Morgan fingerprint density at radius 1 is 1.25 bits per heavy atom. The van der Waals surface area contributed by atoms with E-state index in [2.05, 4.69) is 46.9 Å². The summed E-state index contributed by atoms with van der Waals surface area (Å²) in [6.07, 6.45) is 6.39. The summed E-state index contributed by atoms with van der Waals surface area (Å²) in [7, 11) is 0. The lowest BCUT2D eigenvalue weighted by molar-refractivity contribution is 0.410. The van der Waals surface area contributed by atoms with E-state index in [0.717, 1.165) is 12.5 Å². The third-order valence-corrected chi connectivity index (χ3v) is 3.97. The summed E-state index contributed by atoms with van der Waals surface area (Å²) >= 11 is 0. The van der Waals surface area contributed by atoms with Crippen molar-refractivity contribution in [3.05, 3.63) is 35.9 Å². The van der Waals surface area contributed by atoms with E-state index in [1.807, 2.05) is 6.07 Å². The van der Waals surface area contributed by atoms with E-state index in [4.69, 9.17) is 5.84 Å². The fraction of sp³-hybridized carbons (Fsp3) is 0.562. The van der Waals surface area contributed by atoms with Gasteiger partial charge in [-0.1, -0.05) is 56.5 Å². The molecule has 4 heteroatoms. The molecule has 2 rings (SSSR count). The molecule has 0 bridgehead atoms. The number of hydrogen-bond donors (Lipinski definition) is 3. The van der Waals surface area contributed by atoms with E-state index in [0.29, 0.717) is 12.0 Å². The Labute approximate surface area is 121 Å². The molecule has 0 aromatic heterocycles. The second-order valence-corrected chi connectivity index (χ2v) is 5.62. The fourth-order valence-electron chi connectivity index (χ4n) is 2.69. The Hall–Kier alpha value is -1.55. The average Bonchev–Trinajstić information content (AvgIpc) is 2.53. The molecule has 0 saturated heterocycles. The van der Waals surface area contributed by atoms with Gasteiger partial charge in [-0.15, -0.1) is 0 Å². The van der Waals surface area contributed by atoms with Crippen LogP contribution in [0.4, 0.5) is 0 Å². The number of aliphatic imine (C=N–C) groups is 1. The third kappa shape index (κ3) is 4.53. The zero-order valence-corrected chi connectivity index (χ0v) is 12.3. The van der Waals surface area contributed by atoms with Crippen LogP contribution in [0.5, 0.6) is 0 Å². The minimum absolute atomic E-state index is 0.396. The molecule has 1 fully saturated rings. The van der Waals surface area contributed by atoms with Crippen LogP contribution in [0.1, 0.15) is 50.5 Å². The Morgan fingerprint density at radius 3 is 2.60 bits per heavy atom. The number of hydrogen-bond acceptors (Lipinski definition) is 2. The molecule has 1 aliphatic rings. The van der Waals surface area contributed by atoms with Crippen molar-refractivity contribution in [3.8, 4) is 0 Å². The number of guanidine groups is 1. The molecule has 1 aromatic carbocycles. The molecule has 1 atom stereocenters. The van der Waals surface area contributed by atoms with Crippen molar-refractivity contribution < 1.29 is 0 Å². The van der Waals surface area contributed by atoms with E-state index >= 15 is 0 Å². The topological polar surface area (TPSA) is 62.4 Å². The quantitative estimate of drug-likeness (QED) is 0.342. The van der Waals surface area contributed by atoms with Gasteiger partial charge in [0, 0.05) is 18.5 Å². The van der Waals surface area contributed by atoms with Gasteiger partial charge in [-0.2, -0.15) is 0 Å². The summed E-state index contributed by atoms with van der Waals surface area (Å²) in [5, 5.41) is 3.43. The Balaban J connectivity index is 1.86. The van der Waals surface area contributed by atoms with Crippen LogP contribution in [-0.4, -0.2) is 18.5 Å². The van der Waals surface area contributed by atoms with Gasteiger partial charge >= 0.3 is 0 Å². The van der Waals surface area contributed by atoms with Gasteiger partial charge in [0.15, 0.2) is 0 Å². The zero-order chi connectivity index (χ0) is 14.2. The lowest BCUT2D eigenvalue weighted by Gasteiger charge is -2.24. The van der Waals surface area contributed by atoms with Crippen LogP contribution in [0.25, 0.3) is 0 Å². The molecular formula is C16H26N4. The first-order valence-corrected chi connectivity index (χ1v) is 7.62. The highest BCUT2D eigenvalue weighted by Gasteiger charge is 2.14. The van der Waals surface area contributed by atoms with Crippen molar-refractivity contribution in [2.45, 2.75) is 51.0 Å². The van der Waals surface area contributed by atoms with E-state index in [-0.39, 0.29) is 0 Å². The largest absolute Gasteiger partial charge is 0.353 e. The molecule has 1 saturated carbocycles. The van der Waals surface area contributed by atoms with E-state index in [1.54, 1.807) is 0 Å². The molecule has 110 valence electrons. The van der Waals surface area contributed by atoms with Crippen LogP contribution in [0, 0.1) is 0 Å². The first kappa shape index (κ1) is 14.9. The summed E-state index contributed by atoms with van der Waals surface area (Å²) in [6.45, 7) is 2.93. The number of nitrogens with one attached hydrogen (secondary N) is 2. The van der Waals surface area contributed by atoms with Crippen LogP contribution < -0.4 is 16.6 Å². The van der Waals surface area contributed by atoms with Crippen molar-refractivity contribution >= 4 is 5.96 Å². The molecule has 20 heavy (non-hydrogen) atoms. The second-order valence-electron chi connectivity index (χ2n) is 5.62. The smallest absolute Gasteiger partial charge is 0.205 e. The number of nitrogens with zero attached hydrogens (tertiary/aromatic N) is 1. The van der Waals surface area contributed by atoms with Crippen molar-refractivity contribution in [3.63, 3.8) is 0 Å². The van der Waals surface area contributed by atoms with Gasteiger partial charge in [0.2, 0.25) is 5.96 Å². The minimum Gasteiger partial charge on any atom is -0.353 e. The number of nitrogens with two attached hydrogens (primary N) is 1. The van der Waals surface area contributed by atoms with Crippen molar-refractivity contribution in [1.29, 1.82) is 0 Å². The summed E-state index contributed by atoms with van der Waals surface area (Å²) in [5.41, 5.74) is 4.01. The summed E-state index contributed by atoms with van der Waals surface area (Å²) in [6, 6.07) is 11.0. The molecular weight excluding hydrogens is 248 g/mol. The summed E-state index contributed by atoms with van der Waals surface area (Å²) in [5.74, 6) is 6.69. The van der Waals surface area contributed by atoms with Crippen molar-refractivity contribution in [2.24, 2.45) is 10.8 Å². The van der Waals surface area contributed by atoms with Crippen LogP contribution in [0.15, 0.2) is 35.3 Å². The normalized spacial score (nSPS) is 18.6. The maximum Gasteiger partial charge on any atom is 0.205 e. The standard InChI is InChI=1S/C16H26N4/c1-13(14-8-4-2-5-9-14)12-18-16(20-17)19-15-10-6-3-7-11-15/h2,4-5,8-9,13,15H,3,6-7,10-12,17H2,1H3,(H2,18,19,20). The highest BCUT2D eigenvalue weighted by molar-refractivity contribution is 5.79. The monoisotopic (exact) mass is 274 g/mol. The predicted octanol–water partition coefficient (Wildman–Crippen LogP) is 2.53. The highest BCUT2D eigenvalue weighted by atomic mass is 15.3. The Morgan fingerprint density at radius 2 is 1.95 bits per heavy atom. The minimum atomic E-state index is 0.396. The van der Waals surface area contributed by atoms with Crippen molar-refractivity contribution in [2.75, 3.05) is 6.54 Å². The molecule has 4 nitrogen and oxygen atoms in total. The molecule has 1 unspecified atom stereocenters. The molecule has 0 radical (unpaired) electrons. The SMILES string of the molecule is CC(CN=C(NN)NC1CCCCC1)c1ccccc1. The van der Waals surface area contributed by atoms with Crippen molar-refractivity contribution in [1.82, 2.24) is 10.7 Å². The van der Waals surface area contributed by atoms with Crippen LogP contribution >= 0.6 is 0 Å². The second kappa shape index (κ2) is 7.90. The number of benzene rings is 1. The van der Waals surface area contributed by atoms with Crippen LogP contribution in [0.2, 0.25) is 0 Å². The van der Waals surface area contributed by atoms with Gasteiger partial charge in [0.25, 0.3) is 0 Å². The molecule has 1 aliphatic carbocycles. The van der Waals surface area contributed by atoms with Gasteiger partial charge in [-0.3, -0.25) is 10.4 Å². The van der Waals surface area contributed by atoms with E-state index in [9.17, 15) is 0 Å². The molecule has 1 aromatic rings. The maximum atomic E-state index is 5.57. The first-order chi connectivity index (χ1) is 9.79. The molecule has 0 aliphatic heterocycles. The first-order valence-electron chi connectivity index (χ1n) is 7.62.